The lowest BCUT2D eigenvalue weighted by Gasteiger charge is -2.04. The first-order valence-corrected chi connectivity index (χ1v) is 9.24. The van der Waals surface area contributed by atoms with Crippen molar-refractivity contribution in [2.45, 2.75) is 6.61 Å². The minimum atomic E-state index is 0.162. The van der Waals surface area contributed by atoms with Crippen molar-refractivity contribution in [1.82, 2.24) is 30.2 Å². The number of anilines is 1. The summed E-state index contributed by atoms with van der Waals surface area (Å²) in [7, 11) is 1.73. The Hall–Kier alpha value is -3.66. The molecular formula is C18H16N8OS. The SMILES string of the molecule is Cn1nnnc1/C(=N/OCc1cccc(N)n1)c1csc(-c2ccccc2)n1. The number of rotatable bonds is 6. The highest BCUT2D eigenvalue weighted by atomic mass is 32.1. The van der Waals surface area contributed by atoms with Crippen LogP contribution in [0.4, 0.5) is 5.82 Å². The first-order valence-electron chi connectivity index (χ1n) is 8.36. The molecule has 9 nitrogen and oxygen atoms in total. The third-order valence-corrected chi connectivity index (χ3v) is 4.69. The van der Waals surface area contributed by atoms with Crippen molar-refractivity contribution in [3.8, 4) is 10.6 Å². The molecular weight excluding hydrogens is 376 g/mol. The lowest BCUT2D eigenvalue weighted by molar-refractivity contribution is 0.128. The second-order valence-corrected chi connectivity index (χ2v) is 6.66. The second kappa shape index (κ2) is 7.92. The lowest BCUT2D eigenvalue weighted by Crippen LogP contribution is -2.12. The molecule has 3 aromatic heterocycles. The highest BCUT2D eigenvalue weighted by Crippen LogP contribution is 2.24. The van der Waals surface area contributed by atoms with Crippen molar-refractivity contribution < 1.29 is 4.84 Å². The Morgan fingerprint density at radius 3 is 2.75 bits per heavy atom. The fourth-order valence-electron chi connectivity index (χ4n) is 2.47. The van der Waals surface area contributed by atoms with Crippen LogP contribution in [-0.2, 0) is 18.5 Å². The molecule has 0 aliphatic rings. The normalized spacial score (nSPS) is 11.5. The highest BCUT2D eigenvalue weighted by Gasteiger charge is 2.19. The van der Waals surface area contributed by atoms with E-state index >= 15 is 0 Å². The van der Waals surface area contributed by atoms with Crippen LogP contribution in [0, 0.1) is 0 Å². The van der Waals surface area contributed by atoms with Crippen molar-refractivity contribution in [2.24, 2.45) is 12.2 Å². The molecule has 28 heavy (non-hydrogen) atoms. The number of nitrogens with zero attached hydrogens (tertiary/aromatic N) is 7. The Bertz CT molecular complexity index is 1110. The summed E-state index contributed by atoms with van der Waals surface area (Å²) in [6.45, 7) is 0.162. The summed E-state index contributed by atoms with van der Waals surface area (Å²) in [5.74, 6) is 0.875. The number of hydrogen-bond donors (Lipinski definition) is 1. The molecule has 4 aromatic rings. The molecule has 0 bridgehead atoms. The van der Waals surface area contributed by atoms with Crippen LogP contribution in [-0.4, -0.2) is 35.9 Å². The van der Waals surface area contributed by atoms with Crippen molar-refractivity contribution in [3.05, 3.63) is 71.1 Å². The van der Waals surface area contributed by atoms with E-state index in [1.165, 1.54) is 16.0 Å². The predicted molar refractivity (Wildman–Crippen MR) is 105 cm³/mol. The first-order chi connectivity index (χ1) is 13.7. The van der Waals surface area contributed by atoms with Gasteiger partial charge in [0, 0.05) is 18.0 Å². The van der Waals surface area contributed by atoms with Crippen LogP contribution in [0.25, 0.3) is 10.6 Å². The van der Waals surface area contributed by atoms with E-state index in [0.29, 0.717) is 28.7 Å². The maximum absolute atomic E-state index is 5.70. The number of oxime groups is 1. The first kappa shape index (κ1) is 17.7. The van der Waals surface area contributed by atoms with Gasteiger partial charge in [-0.3, -0.25) is 0 Å². The Kier molecular flexibility index (Phi) is 5.02. The molecule has 0 saturated heterocycles. The maximum Gasteiger partial charge on any atom is 0.206 e. The number of hydrogen-bond acceptors (Lipinski definition) is 9. The zero-order chi connectivity index (χ0) is 19.3. The quantitative estimate of drug-likeness (QED) is 0.395. The van der Waals surface area contributed by atoms with Crippen LogP contribution in [0.2, 0.25) is 0 Å². The molecule has 1 aromatic carbocycles. The van der Waals surface area contributed by atoms with Crippen LogP contribution < -0.4 is 5.73 Å². The molecule has 0 unspecified atom stereocenters. The lowest BCUT2D eigenvalue weighted by atomic mass is 10.2. The molecule has 0 radical (unpaired) electrons. The number of benzene rings is 1. The molecule has 4 rings (SSSR count). The van der Waals surface area contributed by atoms with Gasteiger partial charge in [0.15, 0.2) is 12.3 Å². The zero-order valence-corrected chi connectivity index (χ0v) is 15.7. The van der Waals surface area contributed by atoms with Crippen molar-refractivity contribution in [1.29, 1.82) is 0 Å². The minimum absolute atomic E-state index is 0.162. The smallest absolute Gasteiger partial charge is 0.206 e. The molecule has 0 spiro atoms. The minimum Gasteiger partial charge on any atom is -0.389 e. The molecule has 0 aliphatic heterocycles. The van der Waals surface area contributed by atoms with E-state index in [2.05, 4.69) is 30.6 Å². The van der Waals surface area contributed by atoms with Crippen LogP contribution >= 0.6 is 11.3 Å². The van der Waals surface area contributed by atoms with Gasteiger partial charge >= 0.3 is 0 Å². The van der Waals surface area contributed by atoms with Gasteiger partial charge in [-0.05, 0) is 22.6 Å². The maximum atomic E-state index is 5.70. The number of tetrazole rings is 1. The molecule has 0 aliphatic carbocycles. The molecule has 3 heterocycles. The third-order valence-electron chi connectivity index (χ3n) is 3.80. The van der Waals surface area contributed by atoms with Crippen molar-refractivity contribution >= 4 is 22.9 Å². The number of nitrogens with two attached hydrogens (primary N) is 1. The molecule has 0 fully saturated rings. The summed E-state index contributed by atoms with van der Waals surface area (Å²) in [4.78, 5) is 14.4. The number of pyridine rings is 1. The van der Waals surface area contributed by atoms with Crippen molar-refractivity contribution in [3.63, 3.8) is 0 Å². The number of nitrogen functional groups attached to an aromatic ring is 1. The van der Waals surface area contributed by atoms with Gasteiger partial charge in [-0.1, -0.05) is 41.6 Å². The van der Waals surface area contributed by atoms with E-state index in [0.717, 1.165) is 10.6 Å². The molecule has 0 atom stereocenters. The third kappa shape index (κ3) is 3.86. The average molecular weight is 392 g/mol. The van der Waals surface area contributed by atoms with Gasteiger partial charge < -0.3 is 10.6 Å². The standard InChI is InChI=1S/C18H16N8OS/c1-26-17(22-24-25-26)16(23-27-10-13-8-5-9-15(19)20-13)14-11-28-18(21-14)12-6-3-2-4-7-12/h2-9,11H,10H2,1H3,(H2,19,20)/b23-16+. The second-order valence-electron chi connectivity index (χ2n) is 5.80. The molecule has 140 valence electrons. The highest BCUT2D eigenvalue weighted by molar-refractivity contribution is 7.13. The van der Waals surface area contributed by atoms with Gasteiger partial charge in [-0.2, -0.15) is 0 Å². The Balaban J connectivity index is 1.63. The molecule has 0 amide bonds. The van der Waals surface area contributed by atoms with E-state index in [1.54, 1.807) is 13.1 Å². The van der Waals surface area contributed by atoms with Gasteiger partial charge in [-0.25, -0.2) is 14.6 Å². The molecule has 10 heteroatoms. The number of thiazole rings is 1. The van der Waals surface area contributed by atoms with Crippen LogP contribution in [0.3, 0.4) is 0 Å². The van der Waals surface area contributed by atoms with Crippen LogP contribution in [0.5, 0.6) is 0 Å². The summed E-state index contributed by atoms with van der Waals surface area (Å²) in [6.07, 6.45) is 0. The molecule has 0 saturated carbocycles. The number of aromatic nitrogens is 6. The fraction of sp³-hybridized carbons (Fsp3) is 0.111. The largest absolute Gasteiger partial charge is 0.389 e. The van der Waals surface area contributed by atoms with E-state index in [4.69, 9.17) is 10.6 Å². The van der Waals surface area contributed by atoms with E-state index in [9.17, 15) is 0 Å². The Labute approximate surface area is 164 Å². The summed E-state index contributed by atoms with van der Waals surface area (Å²) >= 11 is 1.51. The Morgan fingerprint density at radius 1 is 1.14 bits per heavy atom. The Morgan fingerprint density at radius 2 is 2.00 bits per heavy atom. The van der Waals surface area contributed by atoms with E-state index in [1.807, 2.05) is 47.8 Å². The summed E-state index contributed by atoms with van der Waals surface area (Å²) < 4.78 is 1.52. The summed E-state index contributed by atoms with van der Waals surface area (Å²) in [5.41, 5.74) is 8.46. The van der Waals surface area contributed by atoms with Crippen LogP contribution in [0.15, 0.2) is 59.1 Å². The van der Waals surface area contributed by atoms with Gasteiger partial charge in [0.2, 0.25) is 5.82 Å². The van der Waals surface area contributed by atoms with Gasteiger partial charge in [-0.15, -0.1) is 16.4 Å². The molecule has 2 N–H and O–H groups in total. The van der Waals surface area contributed by atoms with Crippen LogP contribution in [0.1, 0.15) is 17.2 Å². The fourth-order valence-corrected chi connectivity index (χ4v) is 3.28. The zero-order valence-electron chi connectivity index (χ0n) is 14.9. The predicted octanol–water partition coefficient (Wildman–Crippen LogP) is 2.28. The topological polar surface area (TPSA) is 117 Å². The monoisotopic (exact) mass is 392 g/mol. The van der Waals surface area contributed by atoms with Gasteiger partial charge in [0.05, 0.1) is 5.69 Å². The van der Waals surface area contributed by atoms with Crippen molar-refractivity contribution in [2.75, 3.05) is 5.73 Å². The summed E-state index contributed by atoms with van der Waals surface area (Å²) in [6, 6.07) is 15.3. The number of aryl methyl sites for hydroxylation is 1. The van der Waals surface area contributed by atoms with Gasteiger partial charge in [0.1, 0.15) is 16.5 Å². The summed E-state index contributed by atoms with van der Waals surface area (Å²) in [5, 5.41) is 18.6. The van der Waals surface area contributed by atoms with E-state index < -0.39 is 0 Å². The average Bonchev–Trinajstić information content (AvgIpc) is 3.36. The van der Waals surface area contributed by atoms with Gasteiger partial charge in [0.25, 0.3) is 0 Å². The van der Waals surface area contributed by atoms with E-state index in [-0.39, 0.29) is 6.61 Å².